The highest BCUT2D eigenvalue weighted by Gasteiger charge is 2.36. The quantitative estimate of drug-likeness (QED) is 0.143. The summed E-state index contributed by atoms with van der Waals surface area (Å²) in [5, 5.41) is 5.68. The molecule has 0 amide bonds. The number of nitrogens with zero attached hydrogens (tertiary/aromatic N) is 6. The van der Waals surface area contributed by atoms with Gasteiger partial charge in [0.25, 0.3) is 0 Å². The Kier molecular flexibility index (Phi) is 10.2. The third-order valence-electron chi connectivity index (χ3n) is 15.2. The molecule has 0 radical (unpaired) electrons. The SMILES string of the molecule is C1=CC2N=C(c3cccc(-c4c5ccccc5c(-c5cccc(-c6nc7ccccc7c7nc(-c8ccccc8)c(-c8ccccc8)n67)c5)c5ccccc45)c3)n3c(nc(-c4ccccc4)c3-c3ccccc3)C2C=C1. The van der Waals surface area contributed by atoms with E-state index in [0.29, 0.717) is 0 Å². The van der Waals surface area contributed by atoms with Crippen molar-refractivity contribution in [2.75, 3.05) is 0 Å². The summed E-state index contributed by atoms with van der Waals surface area (Å²) >= 11 is 0. The molecule has 1 aliphatic heterocycles. The van der Waals surface area contributed by atoms with Crippen LogP contribution in [0.15, 0.2) is 272 Å². The zero-order valence-electron chi connectivity index (χ0n) is 41.2. The molecular formula is C70H46N6. The van der Waals surface area contributed by atoms with E-state index in [2.05, 4.69) is 276 Å². The molecule has 2 atom stereocenters. The molecule has 13 aromatic rings. The fourth-order valence-corrected chi connectivity index (χ4v) is 11.9. The maximum atomic E-state index is 5.62. The van der Waals surface area contributed by atoms with Gasteiger partial charge >= 0.3 is 0 Å². The zero-order chi connectivity index (χ0) is 50.1. The first-order valence-corrected chi connectivity index (χ1v) is 26.0. The largest absolute Gasteiger partial charge is 0.279 e. The van der Waals surface area contributed by atoms with E-state index in [1.54, 1.807) is 0 Å². The second-order valence-corrected chi connectivity index (χ2v) is 19.6. The summed E-state index contributed by atoms with van der Waals surface area (Å²) < 4.78 is 4.61. The summed E-state index contributed by atoms with van der Waals surface area (Å²) in [6.07, 6.45) is 8.71. The van der Waals surface area contributed by atoms with Crippen molar-refractivity contribution in [1.82, 2.24) is 23.9 Å². The van der Waals surface area contributed by atoms with Gasteiger partial charge in [0.15, 0.2) is 0 Å². The minimum atomic E-state index is -0.0898. The molecule has 2 unspecified atom stereocenters. The summed E-state index contributed by atoms with van der Waals surface area (Å²) in [6, 6.07) is 86.3. The summed E-state index contributed by atoms with van der Waals surface area (Å²) in [4.78, 5) is 22.1. The van der Waals surface area contributed by atoms with E-state index in [4.69, 9.17) is 19.9 Å². The van der Waals surface area contributed by atoms with Gasteiger partial charge in [-0.1, -0.05) is 243 Å². The van der Waals surface area contributed by atoms with E-state index in [9.17, 15) is 0 Å². The number of hydrogen-bond donors (Lipinski definition) is 0. The molecule has 2 aliphatic rings. The lowest BCUT2D eigenvalue weighted by atomic mass is 9.85. The fourth-order valence-electron chi connectivity index (χ4n) is 11.9. The predicted octanol–water partition coefficient (Wildman–Crippen LogP) is 16.9. The van der Waals surface area contributed by atoms with Gasteiger partial charge in [0.1, 0.15) is 23.1 Å². The number of aliphatic imine (C=N–C) groups is 1. The van der Waals surface area contributed by atoms with Gasteiger partial charge in [-0.15, -0.1) is 0 Å². The van der Waals surface area contributed by atoms with Crippen molar-refractivity contribution in [2.24, 2.45) is 4.99 Å². The van der Waals surface area contributed by atoms with E-state index in [1.165, 1.54) is 32.7 Å². The lowest BCUT2D eigenvalue weighted by Gasteiger charge is -2.29. The number of allylic oxidation sites excluding steroid dienone is 2. The highest BCUT2D eigenvalue weighted by Crippen LogP contribution is 2.47. The first-order chi connectivity index (χ1) is 37.7. The Morgan fingerprint density at radius 1 is 0.342 bits per heavy atom. The molecule has 0 spiro atoms. The number of fused-ring (bicyclic) bond motifs is 8. The number of para-hydroxylation sites is 1. The van der Waals surface area contributed by atoms with Crippen LogP contribution in [-0.4, -0.2) is 35.8 Å². The van der Waals surface area contributed by atoms with Gasteiger partial charge in [-0.05, 0) is 68.1 Å². The van der Waals surface area contributed by atoms with Gasteiger partial charge in [0.05, 0.1) is 40.3 Å². The minimum absolute atomic E-state index is 0.00328. The maximum Gasteiger partial charge on any atom is 0.149 e. The van der Waals surface area contributed by atoms with Gasteiger partial charge in [0.2, 0.25) is 0 Å². The molecule has 1 aliphatic carbocycles. The van der Waals surface area contributed by atoms with Crippen LogP contribution < -0.4 is 0 Å². The number of aromatic nitrogens is 5. The summed E-state index contributed by atoms with van der Waals surface area (Å²) in [5.74, 6) is 2.70. The monoisotopic (exact) mass is 970 g/mol. The van der Waals surface area contributed by atoms with Crippen LogP contribution in [0.4, 0.5) is 0 Å². The Bertz CT molecular complexity index is 4450. The Balaban J connectivity index is 0.925. The smallest absolute Gasteiger partial charge is 0.149 e. The highest BCUT2D eigenvalue weighted by atomic mass is 15.2. The minimum Gasteiger partial charge on any atom is -0.279 e. The van der Waals surface area contributed by atoms with Crippen LogP contribution in [0.25, 0.3) is 117 Å². The van der Waals surface area contributed by atoms with Gasteiger partial charge in [-0.2, -0.15) is 0 Å². The van der Waals surface area contributed by atoms with Crippen molar-refractivity contribution in [2.45, 2.75) is 12.0 Å². The molecule has 0 fully saturated rings. The normalized spacial score (nSPS) is 14.8. The Morgan fingerprint density at radius 2 is 0.789 bits per heavy atom. The average Bonchev–Trinajstić information content (AvgIpc) is 4.22. The first-order valence-electron chi connectivity index (χ1n) is 26.0. The van der Waals surface area contributed by atoms with Crippen LogP contribution in [0, 0.1) is 0 Å². The molecule has 76 heavy (non-hydrogen) atoms. The van der Waals surface area contributed by atoms with Crippen molar-refractivity contribution in [3.05, 3.63) is 278 Å². The average molecular weight is 971 g/mol. The summed E-state index contributed by atoms with van der Waals surface area (Å²) in [7, 11) is 0. The molecule has 0 saturated carbocycles. The maximum absolute atomic E-state index is 5.62. The lowest BCUT2D eigenvalue weighted by molar-refractivity contribution is 0.640. The number of benzene rings is 10. The zero-order valence-corrected chi connectivity index (χ0v) is 41.2. The molecule has 356 valence electrons. The van der Waals surface area contributed by atoms with E-state index < -0.39 is 0 Å². The van der Waals surface area contributed by atoms with E-state index in [-0.39, 0.29) is 12.0 Å². The third-order valence-corrected chi connectivity index (χ3v) is 15.2. The van der Waals surface area contributed by atoms with Crippen molar-refractivity contribution >= 4 is 43.9 Å². The second-order valence-electron chi connectivity index (χ2n) is 19.6. The molecule has 6 nitrogen and oxygen atoms in total. The molecular weight excluding hydrogens is 925 g/mol. The topological polar surface area (TPSA) is 60.4 Å². The van der Waals surface area contributed by atoms with Crippen LogP contribution in [-0.2, 0) is 0 Å². The molecule has 10 aromatic carbocycles. The molecule has 0 N–H and O–H groups in total. The molecule has 0 bridgehead atoms. The second kappa shape index (κ2) is 17.9. The predicted molar refractivity (Wildman–Crippen MR) is 313 cm³/mol. The van der Waals surface area contributed by atoms with E-state index in [0.717, 1.165) is 101 Å². The standard InChI is InChI=1S/C70H46N6/c1-5-23-45(24-6-1)63-65(47-27-9-3-10-28-47)75-67(71-59-41-19-17-39-57(59)69(75)73-63)51-33-21-31-49(43-51)61-53-35-13-15-37-55(53)62(56-38-16-14-36-54(56)61)50-32-22-34-52(44-50)68-72-60-42-20-18-40-58(60)70-74-64(46-25-7-2-8-26-46)66(76(68)70)48-29-11-4-12-30-48/h1-44,57,59H. The Morgan fingerprint density at radius 3 is 1.38 bits per heavy atom. The number of hydrogen-bond acceptors (Lipinski definition) is 4. The van der Waals surface area contributed by atoms with Gasteiger partial charge in [0, 0.05) is 38.8 Å². The summed E-state index contributed by atoms with van der Waals surface area (Å²) in [6.45, 7) is 0. The van der Waals surface area contributed by atoms with Crippen molar-refractivity contribution in [3.63, 3.8) is 0 Å². The first kappa shape index (κ1) is 43.5. The van der Waals surface area contributed by atoms with Crippen LogP contribution >= 0.6 is 0 Å². The molecule has 6 heteroatoms. The van der Waals surface area contributed by atoms with Crippen LogP contribution in [0.3, 0.4) is 0 Å². The van der Waals surface area contributed by atoms with E-state index in [1.807, 2.05) is 0 Å². The molecule has 15 rings (SSSR count). The molecule has 4 heterocycles. The van der Waals surface area contributed by atoms with Gasteiger partial charge in [-0.3, -0.25) is 14.0 Å². The van der Waals surface area contributed by atoms with Crippen molar-refractivity contribution < 1.29 is 0 Å². The third kappa shape index (κ3) is 7.03. The van der Waals surface area contributed by atoms with E-state index >= 15 is 0 Å². The van der Waals surface area contributed by atoms with Gasteiger partial charge in [-0.25, -0.2) is 15.0 Å². The number of rotatable bonds is 8. The molecule has 0 saturated heterocycles. The fraction of sp³-hybridized carbons (Fsp3) is 0.0286. The van der Waals surface area contributed by atoms with Crippen LogP contribution in [0.5, 0.6) is 0 Å². The van der Waals surface area contributed by atoms with Crippen LogP contribution in [0.2, 0.25) is 0 Å². The number of imidazole rings is 2. The van der Waals surface area contributed by atoms with Crippen molar-refractivity contribution in [1.29, 1.82) is 0 Å². The Labute approximate surface area is 439 Å². The lowest BCUT2D eigenvalue weighted by Crippen LogP contribution is -2.31. The highest BCUT2D eigenvalue weighted by molar-refractivity contribution is 6.22. The van der Waals surface area contributed by atoms with Gasteiger partial charge < -0.3 is 0 Å². The Hall–Kier alpha value is -10.0. The molecule has 3 aromatic heterocycles. The van der Waals surface area contributed by atoms with Crippen molar-refractivity contribution in [3.8, 4) is 78.7 Å². The summed E-state index contributed by atoms with van der Waals surface area (Å²) in [5.41, 5.74) is 16.6. The van der Waals surface area contributed by atoms with Crippen LogP contribution in [0.1, 0.15) is 17.3 Å².